The minimum absolute atomic E-state index is 0.113. The van der Waals surface area contributed by atoms with Gasteiger partial charge in [-0.3, -0.25) is 10.1 Å². The van der Waals surface area contributed by atoms with Gasteiger partial charge in [-0.05, 0) is 69.5 Å². The van der Waals surface area contributed by atoms with Gasteiger partial charge in [0.25, 0.3) is 5.91 Å². The molecule has 1 aliphatic carbocycles. The van der Waals surface area contributed by atoms with Crippen LogP contribution in [0.3, 0.4) is 0 Å². The molecule has 2 atom stereocenters. The van der Waals surface area contributed by atoms with Gasteiger partial charge >= 0.3 is 6.03 Å². The lowest BCUT2D eigenvalue weighted by Crippen LogP contribution is -2.34. The van der Waals surface area contributed by atoms with E-state index in [4.69, 9.17) is 10.5 Å². The Morgan fingerprint density at radius 3 is 2.84 bits per heavy atom. The predicted octanol–water partition coefficient (Wildman–Crippen LogP) is 3.00. The zero-order chi connectivity index (χ0) is 22.4. The quantitative estimate of drug-likeness (QED) is 0.496. The second-order valence-corrected chi connectivity index (χ2v) is 8.54. The van der Waals surface area contributed by atoms with Crippen LogP contribution in [0.4, 0.5) is 18.6 Å². The van der Waals surface area contributed by atoms with E-state index in [2.05, 4.69) is 19.9 Å². The van der Waals surface area contributed by atoms with Crippen LogP contribution >= 0.6 is 11.5 Å². The molecule has 2 aliphatic rings. The molecular weight excluding hydrogens is 428 g/mol. The van der Waals surface area contributed by atoms with Gasteiger partial charge in [-0.1, -0.05) is 6.08 Å². The fraction of sp³-hybridized carbons (Fsp3) is 0.550. The van der Waals surface area contributed by atoms with Crippen molar-refractivity contribution in [3.05, 3.63) is 29.6 Å². The lowest BCUT2D eigenvalue weighted by Gasteiger charge is -2.28. The Morgan fingerprint density at radius 1 is 1.42 bits per heavy atom. The third kappa shape index (κ3) is 6.01. The van der Waals surface area contributed by atoms with Crippen LogP contribution in [0.5, 0.6) is 5.88 Å². The molecule has 2 unspecified atom stereocenters. The summed E-state index contributed by atoms with van der Waals surface area (Å²) in [6, 6.07) is -0.498. The number of primary amides is 1. The van der Waals surface area contributed by atoms with E-state index in [9.17, 15) is 18.4 Å². The Kier molecular flexibility index (Phi) is 7.60. The molecule has 1 fully saturated rings. The topological polar surface area (TPSA) is 110 Å². The Hall–Kier alpha value is -2.53. The third-order valence-electron chi connectivity index (χ3n) is 5.35. The van der Waals surface area contributed by atoms with Crippen molar-refractivity contribution in [2.75, 3.05) is 38.1 Å². The summed E-state index contributed by atoms with van der Waals surface area (Å²) in [4.78, 5) is 26.4. The molecule has 0 spiro atoms. The Morgan fingerprint density at radius 2 is 2.16 bits per heavy atom. The number of allylic oxidation sites excluding steroid dienone is 3. The minimum Gasteiger partial charge on any atom is -0.476 e. The first-order valence-corrected chi connectivity index (χ1v) is 11.0. The average Bonchev–Trinajstić information content (AvgIpc) is 3.34. The smallest absolute Gasteiger partial charge is 0.319 e. The average molecular weight is 456 g/mol. The van der Waals surface area contributed by atoms with Crippen molar-refractivity contribution in [2.24, 2.45) is 11.7 Å². The molecular formula is C20H27F2N5O3S. The number of ether oxygens (including phenoxy) is 1. The van der Waals surface area contributed by atoms with Gasteiger partial charge < -0.3 is 20.7 Å². The molecule has 8 nitrogen and oxygen atoms in total. The summed E-state index contributed by atoms with van der Waals surface area (Å²) in [5, 5.41) is 5.38. The molecule has 31 heavy (non-hydrogen) atoms. The van der Waals surface area contributed by atoms with Crippen molar-refractivity contribution in [3.8, 4) is 5.88 Å². The summed E-state index contributed by atoms with van der Waals surface area (Å²) >= 11 is 0.808. The second kappa shape index (κ2) is 10.2. The van der Waals surface area contributed by atoms with E-state index < -0.39 is 29.4 Å². The predicted molar refractivity (Wildman–Crippen MR) is 115 cm³/mol. The van der Waals surface area contributed by atoms with Crippen molar-refractivity contribution in [1.29, 1.82) is 0 Å². The Bertz CT molecular complexity index is 865. The summed E-state index contributed by atoms with van der Waals surface area (Å²) in [5.41, 5.74) is 3.34. The van der Waals surface area contributed by atoms with Gasteiger partial charge in [0.15, 0.2) is 0 Å². The highest BCUT2D eigenvalue weighted by molar-refractivity contribution is 7.11. The summed E-state index contributed by atoms with van der Waals surface area (Å²) in [7, 11) is 0. The number of alkyl halides is 1. The summed E-state index contributed by atoms with van der Waals surface area (Å²) < 4.78 is 38.0. The molecule has 0 bridgehead atoms. The normalized spacial score (nSPS) is 23.5. The van der Waals surface area contributed by atoms with Gasteiger partial charge in [0.05, 0.1) is 5.92 Å². The number of rotatable bonds is 9. The SMILES string of the molecule is CC1(F)C=CC=C(F)C1COc1nsc(NC(=O)NCCCN2CCCC2)c1C(N)=O. The molecule has 1 saturated heterocycles. The van der Waals surface area contributed by atoms with Crippen molar-refractivity contribution >= 4 is 28.5 Å². The van der Waals surface area contributed by atoms with Crippen LogP contribution in [0.15, 0.2) is 24.1 Å². The van der Waals surface area contributed by atoms with E-state index in [0.717, 1.165) is 43.7 Å². The number of nitrogens with zero attached hydrogens (tertiary/aromatic N) is 2. The maximum atomic E-state index is 14.5. The summed E-state index contributed by atoms with van der Waals surface area (Å²) in [6.07, 6.45) is 6.93. The largest absolute Gasteiger partial charge is 0.476 e. The number of hydrogen-bond acceptors (Lipinski definition) is 6. The molecule has 2 heterocycles. The first-order valence-electron chi connectivity index (χ1n) is 10.2. The molecule has 3 amide bonds. The van der Waals surface area contributed by atoms with Crippen LogP contribution in [0.1, 0.15) is 36.5 Å². The molecule has 1 aliphatic heterocycles. The fourth-order valence-electron chi connectivity index (χ4n) is 3.57. The van der Waals surface area contributed by atoms with E-state index in [0.29, 0.717) is 6.54 Å². The second-order valence-electron chi connectivity index (χ2n) is 7.76. The van der Waals surface area contributed by atoms with E-state index in [1.165, 1.54) is 31.9 Å². The van der Waals surface area contributed by atoms with Gasteiger partial charge in [0.2, 0.25) is 5.88 Å². The zero-order valence-corrected chi connectivity index (χ0v) is 18.1. The Balaban J connectivity index is 1.54. The highest BCUT2D eigenvalue weighted by Gasteiger charge is 2.38. The van der Waals surface area contributed by atoms with E-state index in [-0.39, 0.29) is 23.1 Å². The highest BCUT2D eigenvalue weighted by Crippen LogP contribution is 2.36. The molecule has 4 N–H and O–H groups in total. The highest BCUT2D eigenvalue weighted by atomic mass is 32.1. The standard InChI is InChI=1S/C20H27F2N5O3S/c1-20(22)7-4-6-14(21)13(20)12-30-17-15(16(23)28)18(31-26-17)25-19(29)24-8-5-11-27-9-2-3-10-27/h4,6-7,13H,2-3,5,8-12H2,1H3,(H2,23,28)(H2,24,25,29). The number of aromatic nitrogens is 1. The zero-order valence-electron chi connectivity index (χ0n) is 17.3. The van der Waals surface area contributed by atoms with Gasteiger partial charge in [0.1, 0.15) is 28.7 Å². The molecule has 0 radical (unpaired) electrons. The van der Waals surface area contributed by atoms with E-state index >= 15 is 0 Å². The van der Waals surface area contributed by atoms with Crippen LogP contribution < -0.4 is 21.1 Å². The van der Waals surface area contributed by atoms with Crippen molar-refractivity contribution in [1.82, 2.24) is 14.6 Å². The molecule has 1 aromatic rings. The third-order valence-corrected chi connectivity index (χ3v) is 6.09. The number of carbonyl (C=O) groups is 2. The molecule has 0 aromatic carbocycles. The number of halogens is 2. The fourth-order valence-corrected chi connectivity index (χ4v) is 4.31. The lowest BCUT2D eigenvalue weighted by atomic mass is 9.87. The van der Waals surface area contributed by atoms with Crippen LogP contribution in [0.2, 0.25) is 0 Å². The lowest BCUT2D eigenvalue weighted by molar-refractivity contribution is 0.0981. The number of nitrogens with two attached hydrogens (primary N) is 1. The maximum absolute atomic E-state index is 14.5. The number of urea groups is 1. The number of likely N-dealkylation sites (tertiary alicyclic amines) is 1. The summed E-state index contributed by atoms with van der Waals surface area (Å²) in [5.74, 6) is -2.89. The first-order chi connectivity index (χ1) is 14.8. The number of amides is 3. The maximum Gasteiger partial charge on any atom is 0.319 e. The first kappa shape index (κ1) is 23.1. The van der Waals surface area contributed by atoms with Gasteiger partial charge in [-0.2, -0.15) is 4.37 Å². The molecule has 1 aromatic heterocycles. The number of anilines is 1. The van der Waals surface area contributed by atoms with Crippen molar-refractivity contribution in [2.45, 2.75) is 31.9 Å². The summed E-state index contributed by atoms with van der Waals surface area (Å²) in [6.45, 7) is 4.44. The number of carbonyl (C=O) groups excluding carboxylic acids is 2. The van der Waals surface area contributed by atoms with Crippen molar-refractivity contribution in [3.63, 3.8) is 0 Å². The van der Waals surface area contributed by atoms with Crippen LogP contribution in [0, 0.1) is 5.92 Å². The minimum atomic E-state index is -1.95. The van der Waals surface area contributed by atoms with Gasteiger partial charge in [-0.25, -0.2) is 13.6 Å². The van der Waals surface area contributed by atoms with Crippen LogP contribution in [-0.4, -0.2) is 59.7 Å². The molecule has 0 saturated carbocycles. The van der Waals surface area contributed by atoms with Crippen LogP contribution in [-0.2, 0) is 0 Å². The molecule has 3 rings (SSSR count). The van der Waals surface area contributed by atoms with E-state index in [1.807, 2.05) is 0 Å². The molecule has 170 valence electrons. The Labute approximate surface area is 183 Å². The molecule has 11 heteroatoms. The monoisotopic (exact) mass is 455 g/mol. The van der Waals surface area contributed by atoms with Gasteiger partial charge in [-0.15, -0.1) is 0 Å². The van der Waals surface area contributed by atoms with Gasteiger partial charge in [0, 0.05) is 6.54 Å². The number of hydrogen-bond donors (Lipinski definition) is 3. The van der Waals surface area contributed by atoms with E-state index in [1.54, 1.807) is 0 Å². The van der Waals surface area contributed by atoms with Crippen molar-refractivity contribution < 1.29 is 23.1 Å². The van der Waals surface area contributed by atoms with Crippen LogP contribution in [0.25, 0.3) is 0 Å². The number of nitrogens with one attached hydrogen (secondary N) is 2.